The Balaban J connectivity index is 1.83. The molecule has 2 rings (SSSR count). The second-order valence-corrected chi connectivity index (χ2v) is 6.13. The van der Waals surface area contributed by atoms with Gasteiger partial charge < -0.3 is 10.1 Å². The van der Waals surface area contributed by atoms with Crippen molar-refractivity contribution in [1.29, 1.82) is 0 Å². The Morgan fingerprint density at radius 2 is 2.04 bits per heavy atom. The zero-order valence-electron chi connectivity index (χ0n) is 13.4. The fraction of sp³-hybridized carbons (Fsp3) is 0.235. The summed E-state index contributed by atoms with van der Waals surface area (Å²) < 4.78 is 5.51. The first-order chi connectivity index (χ1) is 11.9. The lowest BCUT2D eigenvalue weighted by Crippen LogP contribution is -2.14. The third-order valence-corrected chi connectivity index (χ3v) is 4.01. The molecule has 25 heavy (non-hydrogen) atoms. The van der Waals surface area contributed by atoms with Crippen LogP contribution in [0.3, 0.4) is 0 Å². The predicted octanol–water partition coefficient (Wildman–Crippen LogP) is 5.01. The van der Waals surface area contributed by atoms with Gasteiger partial charge in [-0.3, -0.25) is 14.9 Å². The Morgan fingerprint density at radius 3 is 2.72 bits per heavy atom. The molecule has 0 radical (unpaired) electrons. The standard InChI is InChI=1S/C17H16Cl2N2O4/c1-11-14(4-2-5-15(11)21(23)24)20-17(22)6-3-9-25-16-8-7-12(18)10-13(16)19/h2,4-5,7-8,10H,3,6,9H2,1H3,(H,20,22). The molecule has 0 aliphatic rings. The van der Waals surface area contributed by atoms with E-state index in [0.717, 1.165) is 0 Å². The Labute approximate surface area is 154 Å². The number of carbonyl (C=O) groups excluding carboxylic acids is 1. The van der Waals surface area contributed by atoms with Gasteiger partial charge in [-0.25, -0.2) is 0 Å². The second-order valence-electron chi connectivity index (χ2n) is 5.28. The lowest BCUT2D eigenvalue weighted by Gasteiger charge is -2.10. The molecule has 8 heteroatoms. The summed E-state index contributed by atoms with van der Waals surface area (Å²) in [5, 5.41) is 14.5. The third-order valence-electron chi connectivity index (χ3n) is 3.48. The van der Waals surface area contributed by atoms with Gasteiger partial charge in [-0.1, -0.05) is 29.3 Å². The molecule has 2 aromatic rings. The molecule has 6 nitrogen and oxygen atoms in total. The van der Waals surface area contributed by atoms with Crippen LogP contribution >= 0.6 is 23.2 Å². The van der Waals surface area contributed by atoms with Gasteiger partial charge in [0, 0.05) is 17.5 Å². The first-order valence-corrected chi connectivity index (χ1v) is 8.26. The number of nitro benzene ring substituents is 1. The van der Waals surface area contributed by atoms with Crippen LogP contribution in [0.15, 0.2) is 36.4 Å². The van der Waals surface area contributed by atoms with E-state index < -0.39 is 4.92 Å². The molecule has 0 unspecified atom stereocenters. The summed E-state index contributed by atoms with van der Waals surface area (Å²) in [6, 6.07) is 9.47. The van der Waals surface area contributed by atoms with Crippen molar-refractivity contribution in [2.75, 3.05) is 11.9 Å². The molecular weight excluding hydrogens is 367 g/mol. The van der Waals surface area contributed by atoms with E-state index >= 15 is 0 Å². The average Bonchev–Trinajstić information content (AvgIpc) is 2.55. The average molecular weight is 383 g/mol. The van der Waals surface area contributed by atoms with Crippen molar-refractivity contribution in [3.8, 4) is 5.75 Å². The lowest BCUT2D eigenvalue weighted by molar-refractivity contribution is -0.385. The Hall–Kier alpha value is -2.31. The van der Waals surface area contributed by atoms with Crippen LogP contribution in [0.25, 0.3) is 0 Å². The molecule has 0 aliphatic carbocycles. The van der Waals surface area contributed by atoms with Gasteiger partial charge >= 0.3 is 0 Å². The van der Waals surface area contributed by atoms with Crippen LogP contribution in [-0.4, -0.2) is 17.4 Å². The van der Waals surface area contributed by atoms with Gasteiger partial charge in [0.1, 0.15) is 5.75 Å². The maximum atomic E-state index is 12.0. The monoisotopic (exact) mass is 382 g/mol. The van der Waals surface area contributed by atoms with Crippen LogP contribution in [0.1, 0.15) is 18.4 Å². The fourth-order valence-electron chi connectivity index (χ4n) is 2.18. The van der Waals surface area contributed by atoms with Gasteiger partial charge in [-0.15, -0.1) is 0 Å². The number of amides is 1. The molecule has 0 atom stereocenters. The van der Waals surface area contributed by atoms with Crippen molar-refractivity contribution in [2.24, 2.45) is 0 Å². The number of nitro groups is 1. The van der Waals surface area contributed by atoms with Crippen LogP contribution in [-0.2, 0) is 4.79 Å². The predicted molar refractivity (Wildman–Crippen MR) is 97.7 cm³/mol. The number of nitrogens with zero attached hydrogens (tertiary/aromatic N) is 1. The maximum Gasteiger partial charge on any atom is 0.274 e. The van der Waals surface area contributed by atoms with E-state index in [1.54, 1.807) is 31.2 Å². The molecule has 1 N–H and O–H groups in total. The van der Waals surface area contributed by atoms with Gasteiger partial charge in [0.25, 0.3) is 5.69 Å². The number of anilines is 1. The number of benzene rings is 2. The highest BCUT2D eigenvalue weighted by atomic mass is 35.5. The van der Waals surface area contributed by atoms with Crippen LogP contribution in [0.2, 0.25) is 10.0 Å². The van der Waals surface area contributed by atoms with E-state index in [1.165, 1.54) is 12.1 Å². The van der Waals surface area contributed by atoms with Gasteiger partial charge in [-0.2, -0.15) is 0 Å². The van der Waals surface area contributed by atoms with Gasteiger partial charge in [0.05, 0.1) is 27.8 Å². The summed E-state index contributed by atoms with van der Waals surface area (Å²) in [5.74, 6) is 0.260. The topological polar surface area (TPSA) is 81.5 Å². The lowest BCUT2D eigenvalue weighted by atomic mass is 10.1. The SMILES string of the molecule is Cc1c(NC(=O)CCCOc2ccc(Cl)cc2Cl)cccc1[N+](=O)[O-]. The maximum absolute atomic E-state index is 12.0. The molecule has 0 saturated carbocycles. The molecule has 0 bridgehead atoms. The van der Waals surface area contributed by atoms with Gasteiger partial charge in [-0.05, 0) is 37.6 Å². The van der Waals surface area contributed by atoms with E-state index in [0.29, 0.717) is 40.1 Å². The van der Waals surface area contributed by atoms with Crippen LogP contribution in [0.5, 0.6) is 5.75 Å². The van der Waals surface area contributed by atoms with E-state index in [1.807, 2.05) is 0 Å². The number of nitrogens with one attached hydrogen (secondary N) is 1. The van der Waals surface area contributed by atoms with Crippen molar-refractivity contribution in [3.63, 3.8) is 0 Å². The smallest absolute Gasteiger partial charge is 0.274 e. The van der Waals surface area contributed by atoms with Crippen molar-refractivity contribution in [1.82, 2.24) is 0 Å². The summed E-state index contributed by atoms with van der Waals surface area (Å²) >= 11 is 11.8. The second kappa shape index (κ2) is 8.69. The normalized spacial score (nSPS) is 10.4. The Morgan fingerprint density at radius 1 is 1.28 bits per heavy atom. The first-order valence-electron chi connectivity index (χ1n) is 7.50. The molecule has 0 heterocycles. The Bertz CT molecular complexity index is 796. The van der Waals surface area contributed by atoms with Gasteiger partial charge in [0.15, 0.2) is 0 Å². The van der Waals surface area contributed by atoms with Gasteiger partial charge in [0.2, 0.25) is 5.91 Å². The highest BCUT2D eigenvalue weighted by Crippen LogP contribution is 2.28. The van der Waals surface area contributed by atoms with Crippen molar-refractivity contribution in [3.05, 3.63) is 62.1 Å². The largest absolute Gasteiger partial charge is 0.492 e. The molecular formula is C17H16Cl2N2O4. The molecule has 0 aromatic heterocycles. The summed E-state index contributed by atoms with van der Waals surface area (Å²) in [4.78, 5) is 22.4. The fourth-order valence-corrected chi connectivity index (χ4v) is 2.64. The van der Waals surface area contributed by atoms with E-state index in [9.17, 15) is 14.9 Å². The quantitative estimate of drug-likeness (QED) is 0.414. The van der Waals surface area contributed by atoms with E-state index in [2.05, 4.69) is 5.32 Å². The van der Waals surface area contributed by atoms with Crippen molar-refractivity contribution < 1.29 is 14.5 Å². The van der Waals surface area contributed by atoms with E-state index in [-0.39, 0.29) is 18.0 Å². The minimum Gasteiger partial charge on any atom is -0.492 e. The van der Waals surface area contributed by atoms with Crippen LogP contribution in [0.4, 0.5) is 11.4 Å². The highest BCUT2D eigenvalue weighted by Gasteiger charge is 2.14. The summed E-state index contributed by atoms with van der Waals surface area (Å²) in [7, 11) is 0. The third kappa shape index (κ3) is 5.34. The zero-order chi connectivity index (χ0) is 18.4. The highest BCUT2D eigenvalue weighted by molar-refractivity contribution is 6.35. The molecule has 132 valence electrons. The molecule has 0 spiro atoms. The first kappa shape index (κ1) is 19.0. The summed E-state index contributed by atoms with van der Waals surface area (Å²) in [5.41, 5.74) is 0.824. The van der Waals surface area contributed by atoms with Crippen LogP contribution < -0.4 is 10.1 Å². The van der Waals surface area contributed by atoms with Crippen molar-refractivity contribution in [2.45, 2.75) is 19.8 Å². The van der Waals surface area contributed by atoms with Crippen LogP contribution in [0, 0.1) is 17.0 Å². The Kier molecular flexibility index (Phi) is 6.61. The van der Waals surface area contributed by atoms with E-state index in [4.69, 9.17) is 27.9 Å². The number of ether oxygens (including phenoxy) is 1. The number of hydrogen-bond donors (Lipinski definition) is 1. The van der Waals surface area contributed by atoms with Crippen molar-refractivity contribution >= 4 is 40.5 Å². The number of carbonyl (C=O) groups is 1. The number of halogens is 2. The minimum atomic E-state index is -0.477. The molecule has 0 fully saturated rings. The molecule has 2 aromatic carbocycles. The molecule has 0 saturated heterocycles. The molecule has 1 amide bonds. The zero-order valence-corrected chi connectivity index (χ0v) is 14.9. The number of rotatable bonds is 7. The minimum absolute atomic E-state index is 0.0292. The summed E-state index contributed by atoms with van der Waals surface area (Å²) in [6.07, 6.45) is 0.687. The molecule has 0 aliphatic heterocycles. The summed E-state index contributed by atoms with van der Waals surface area (Å²) in [6.45, 7) is 1.90. The number of hydrogen-bond acceptors (Lipinski definition) is 4.